The molecule has 0 aromatic rings. The lowest BCUT2D eigenvalue weighted by Gasteiger charge is -2.27. The van der Waals surface area contributed by atoms with Gasteiger partial charge in [0.1, 0.15) is 12.2 Å². The van der Waals surface area contributed by atoms with Gasteiger partial charge in [-0.2, -0.15) is 13.2 Å². The summed E-state index contributed by atoms with van der Waals surface area (Å²) in [6, 6.07) is 0. The highest BCUT2D eigenvalue weighted by Crippen LogP contribution is 2.34. The normalized spacial score (nSPS) is 27.7. The molecule has 0 radical (unpaired) electrons. The molecule has 88 valence electrons. The lowest BCUT2D eigenvalue weighted by molar-refractivity contribution is -0.156. The van der Waals surface area contributed by atoms with E-state index in [1.54, 1.807) is 0 Å². The number of hydrogen-bond acceptors (Lipinski definition) is 1. The van der Waals surface area contributed by atoms with Gasteiger partial charge in [0.15, 0.2) is 0 Å². The van der Waals surface area contributed by atoms with Crippen molar-refractivity contribution in [1.29, 1.82) is 0 Å². The van der Waals surface area contributed by atoms with Crippen molar-refractivity contribution in [2.45, 2.75) is 51.6 Å². The number of carbonyl (C=O) groups is 1. The maximum absolute atomic E-state index is 12.0. The number of ketones is 1. The van der Waals surface area contributed by atoms with Crippen molar-refractivity contribution in [2.24, 2.45) is 11.8 Å². The van der Waals surface area contributed by atoms with Crippen LogP contribution in [0.15, 0.2) is 0 Å². The highest BCUT2D eigenvalue weighted by molar-refractivity contribution is 5.81. The molecule has 0 bridgehead atoms. The van der Waals surface area contributed by atoms with Gasteiger partial charge in [-0.15, -0.1) is 0 Å². The third-order valence-electron chi connectivity index (χ3n) is 3.19. The molecule has 1 fully saturated rings. The molecule has 1 aliphatic carbocycles. The minimum Gasteiger partial charge on any atom is -0.299 e. The van der Waals surface area contributed by atoms with Gasteiger partial charge in [0.05, 0.1) is 0 Å². The second-order valence-electron chi connectivity index (χ2n) is 4.40. The second-order valence-corrected chi connectivity index (χ2v) is 4.40. The predicted molar refractivity (Wildman–Crippen MR) is 51.4 cm³/mol. The highest BCUT2D eigenvalue weighted by atomic mass is 19.4. The highest BCUT2D eigenvalue weighted by Gasteiger charge is 2.35. The van der Waals surface area contributed by atoms with Gasteiger partial charge in [-0.25, -0.2) is 0 Å². The zero-order valence-electron chi connectivity index (χ0n) is 8.94. The smallest absolute Gasteiger partial charge is 0.299 e. The quantitative estimate of drug-likeness (QED) is 0.711. The van der Waals surface area contributed by atoms with Crippen molar-refractivity contribution >= 4 is 5.78 Å². The predicted octanol–water partition coefficient (Wildman–Crippen LogP) is 3.72. The monoisotopic (exact) mass is 222 g/mol. The van der Waals surface area contributed by atoms with Gasteiger partial charge in [0.2, 0.25) is 0 Å². The Kier molecular flexibility index (Phi) is 4.17. The van der Waals surface area contributed by atoms with Crippen molar-refractivity contribution in [3.05, 3.63) is 0 Å². The molecule has 1 rings (SSSR count). The molecule has 4 heteroatoms. The molecule has 0 aromatic heterocycles. The van der Waals surface area contributed by atoms with E-state index in [-0.39, 0.29) is 5.92 Å². The molecule has 0 aliphatic heterocycles. The number of Topliss-reactive ketones (excluding diaryl/α,β-unsaturated/α-hetero) is 1. The van der Waals surface area contributed by atoms with E-state index in [1.807, 2.05) is 6.92 Å². The Labute approximate surface area is 88.0 Å². The standard InChI is InChI=1S/C11H17F3O/c1-2-8-4-3-5-9(6-8)10(15)7-11(12,13)14/h8-9H,2-7H2,1H3. The number of halogens is 3. The van der Waals surface area contributed by atoms with Crippen LogP contribution in [0.4, 0.5) is 13.2 Å². The summed E-state index contributed by atoms with van der Waals surface area (Å²) in [5, 5.41) is 0. The first-order valence-electron chi connectivity index (χ1n) is 5.52. The number of carbonyl (C=O) groups excluding carboxylic acids is 1. The number of alkyl halides is 3. The van der Waals surface area contributed by atoms with Gasteiger partial charge in [-0.05, 0) is 18.8 Å². The van der Waals surface area contributed by atoms with E-state index in [0.29, 0.717) is 18.8 Å². The summed E-state index contributed by atoms with van der Waals surface area (Å²) in [4.78, 5) is 11.4. The fraction of sp³-hybridized carbons (Fsp3) is 0.909. The topological polar surface area (TPSA) is 17.1 Å². The second kappa shape index (κ2) is 4.99. The average Bonchev–Trinajstić information content (AvgIpc) is 2.15. The number of hydrogen-bond donors (Lipinski definition) is 0. The van der Waals surface area contributed by atoms with E-state index in [9.17, 15) is 18.0 Å². The third kappa shape index (κ3) is 4.22. The van der Waals surface area contributed by atoms with Crippen molar-refractivity contribution < 1.29 is 18.0 Å². The van der Waals surface area contributed by atoms with E-state index in [0.717, 1.165) is 19.3 Å². The Morgan fingerprint density at radius 1 is 1.33 bits per heavy atom. The fourth-order valence-electron chi connectivity index (χ4n) is 2.30. The average molecular weight is 222 g/mol. The summed E-state index contributed by atoms with van der Waals surface area (Å²) >= 11 is 0. The van der Waals surface area contributed by atoms with E-state index < -0.39 is 18.4 Å². The van der Waals surface area contributed by atoms with Crippen molar-refractivity contribution in [3.63, 3.8) is 0 Å². The van der Waals surface area contributed by atoms with Crippen LogP contribution < -0.4 is 0 Å². The summed E-state index contributed by atoms with van der Waals surface area (Å²) in [6.45, 7) is 2.03. The Bertz CT molecular complexity index is 222. The Balaban J connectivity index is 2.45. The summed E-state index contributed by atoms with van der Waals surface area (Å²) in [5.41, 5.74) is 0. The van der Waals surface area contributed by atoms with Gasteiger partial charge in [0, 0.05) is 5.92 Å². The summed E-state index contributed by atoms with van der Waals surface area (Å²) in [6.07, 6.45) is -1.35. The van der Waals surface area contributed by atoms with Crippen molar-refractivity contribution in [2.75, 3.05) is 0 Å². The van der Waals surface area contributed by atoms with Crippen LogP contribution in [0.25, 0.3) is 0 Å². The van der Waals surface area contributed by atoms with Crippen LogP contribution in [-0.4, -0.2) is 12.0 Å². The molecule has 0 N–H and O–H groups in total. The number of rotatable bonds is 3. The van der Waals surface area contributed by atoms with Crippen molar-refractivity contribution in [1.82, 2.24) is 0 Å². The molecule has 0 saturated heterocycles. The minimum atomic E-state index is -4.34. The van der Waals surface area contributed by atoms with Crippen LogP contribution >= 0.6 is 0 Å². The van der Waals surface area contributed by atoms with Gasteiger partial charge < -0.3 is 0 Å². The molecule has 0 aromatic carbocycles. The molecule has 1 aliphatic rings. The first-order chi connectivity index (χ1) is 6.92. The molecule has 0 heterocycles. The molecule has 0 spiro atoms. The van der Waals surface area contributed by atoms with Crippen LogP contribution in [0.3, 0.4) is 0 Å². The summed E-state index contributed by atoms with van der Waals surface area (Å²) < 4.78 is 36.1. The van der Waals surface area contributed by atoms with E-state index >= 15 is 0 Å². The molecule has 2 atom stereocenters. The molecule has 0 amide bonds. The third-order valence-corrected chi connectivity index (χ3v) is 3.19. The molecular weight excluding hydrogens is 205 g/mol. The van der Waals surface area contributed by atoms with Gasteiger partial charge in [-0.1, -0.05) is 26.2 Å². The van der Waals surface area contributed by atoms with Crippen molar-refractivity contribution in [3.8, 4) is 0 Å². The van der Waals surface area contributed by atoms with E-state index in [4.69, 9.17) is 0 Å². The Hall–Kier alpha value is -0.540. The van der Waals surface area contributed by atoms with Crippen LogP contribution in [0.2, 0.25) is 0 Å². The zero-order chi connectivity index (χ0) is 11.5. The first kappa shape index (κ1) is 12.5. The lowest BCUT2D eigenvalue weighted by Crippen LogP contribution is -2.26. The summed E-state index contributed by atoms with van der Waals surface area (Å²) in [5.74, 6) is -0.507. The fourth-order valence-corrected chi connectivity index (χ4v) is 2.30. The van der Waals surface area contributed by atoms with E-state index in [1.165, 1.54) is 0 Å². The van der Waals surface area contributed by atoms with Crippen LogP contribution in [0, 0.1) is 11.8 Å². The van der Waals surface area contributed by atoms with Gasteiger partial charge in [0.25, 0.3) is 0 Å². The van der Waals surface area contributed by atoms with Crippen LogP contribution in [0.5, 0.6) is 0 Å². The van der Waals surface area contributed by atoms with Gasteiger partial charge >= 0.3 is 6.18 Å². The minimum absolute atomic E-state index is 0.342. The Morgan fingerprint density at radius 2 is 2.00 bits per heavy atom. The SMILES string of the molecule is CCC1CCCC(C(=O)CC(F)(F)F)C1. The van der Waals surface area contributed by atoms with E-state index in [2.05, 4.69) is 0 Å². The molecule has 2 unspecified atom stereocenters. The van der Waals surface area contributed by atoms with Crippen LogP contribution in [-0.2, 0) is 4.79 Å². The largest absolute Gasteiger partial charge is 0.395 e. The molecular formula is C11H17F3O. The maximum Gasteiger partial charge on any atom is 0.395 e. The maximum atomic E-state index is 12.0. The van der Waals surface area contributed by atoms with Gasteiger partial charge in [-0.3, -0.25) is 4.79 Å². The molecule has 1 saturated carbocycles. The molecule has 15 heavy (non-hydrogen) atoms. The zero-order valence-corrected chi connectivity index (χ0v) is 8.94. The summed E-state index contributed by atoms with van der Waals surface area (Å²) in [7, 11) is 0. The lowest BCUT2D eigenvalue weighted by atomic mass is 9.78. The Morgan fingerprint density at radius 3 is 2.53 bits per heavy atom. The molecule has 1 nitrogen and oxygen atoms in total. The first-order valence-corrected chi connectivity index (χ1v) is 5.52. The van der Waals surface area contributed by atoms with Crippen LogP contribution in [0.1, 0.15) is 45.4 Å².